The molecule has 1 spiro atoms. The Morgan fingerprint density at radius 1 is 1.04 bits per heavy atom. The largest absolute Gasteiger partial charge is 0.381 e. The van der Waals surface area contributed by atoms with E-state index >= 15 is 0 Å². The molecule has 0 saturated carbocycles. The van der Waals surface area contributed by atoms with E-state index in [1.807, 2.05) is 0 Å². The number of nitrogens with zero attached hydrogens (tertiary/aromatic N) is 1. The Balaban J connectivity index is 1.19. The topological polar surface area (TPSA) is 33.7 Å². The molecule has 0 aliphatic carbocycles. The third-order valence-corrected chi connectivity index (χ3v) is 7.47. The van der Waals surface area contributed by atoms with E-state index in [1.54, 1.807) is 11.1 Å². The van der Waals surface area contributed by atoms with Gasteiger partial charge in [0.05, 0.1) is 12.2 Å². The molecule has 4 heteroatoms. The van der Waals surface area contributed by atoms with Crippen LogP contribution >= 0.6 is 0 Å². The van der Waals surface area contributed by atoms with Gasteiger partial charge in [0.15, 0.2) is 0 Å². The smallest absolute Gasteiger partial charge is 0.0946 e. The monoisotopic (exact) mass is 370 g/mol. The van der Waals surface area contributed by atoms with Gasteiger partial charge in [-0.3, -0.25) is 4.90 Å². The summed E-state index contributed by atoms with van der Waals surface area (Å²) >= 11 is 0. The van der Waals surface area contributed by atoms with Crippen LogP contribution in [0.5, 0.6) is 0 Å². The van der Waals surface area contributed by atoms with E-state index < -0.39 is 0 Å². The molecule has 4 nitrogen and oxygen atoms in total. The molecule has 4 saturated heterocycles. The van der Waals surface area contributed by atoms with Gasteiger partial charge in [-0.15, -0.1) is 0 Å². The summed E-state index contributed by atoms with van der Waals surface area (Å²) in [6.45, 7) is 7.41. The van der Waals surface area contributed by atoms with Gasteiger partial charge in [0.1, 0.15) is 0 Å². The van der Waals surface area contributed by atoms with Crippen molar-refractivity contribution in [1.82, 2.24) is 10.2 Å². The second kappa shape index (κ2) is 7.82. The molecule has 0 aromatic heterocycles. The van der Waals surface area contributed by atoms with Crippen LogP contribution in [0.3, 0.4) is 0 Å². The van der Waals surface area contributed by atoms with E-state index in [0.29, 0.717) is 6.04 Å². The fourth-order valence-electron chi connectivity index (χ4n) is 5.66. The second-order valence-electron chi connectivity index (χ2n) is 9.22. The normalized spacial score (nSPS) is 29.9. The van der Waals surface area contributed by atoms with Gasteiger partial charge >= 0.3 is 0 Å². The zero-order chi connectivity index (χ0) is 18.1. The van der Waals surface area contributed by atoms with Gasteiger partial charge in [-0.2, -0.15) is 0 Å². The van der Waals surface area contributed by atoms with E-state index in [1.165, 1.54) is 51.6 Å². The lowest BCUT2D eigenvalue weighted by molar-refractivity contribution is -0.0367. The first-order valence-corrected chi connectivity index (χ1v) is 11.1. The molecule has 0 radical (unpaired) electrons. The Labute approximate surface area is 163 Å². The summed E-state index contributed by atoms with van der Waals surface area (Å²) in [6, 6.07) is 9.91. The Morgan fingerprint density at radius 2 is 1.81 bits per heavy atom. The third kappa shape index (κ3) is 3.82. The molecule has 1 aromatic carbocycles. The van der Waals surface area contributed by atoms with Crippen LogP contribution in [0.15, 0.2) is 24.3 Å². The maximum absolute atomic E-state index is 6.14. The van der Waals surface area contributed by atoms with Gasteiger partial charge in [0, 0.05) is 32.3 Å². The quantitative estimate of drug-likeness (QED) is 0.884. The van der Waals surface area contributed by atoms with Gasteiger partial charge in [0.25, 0.3) is 0 Å². The standard InChI is InChI=1S/C23H34N2O2/c1-2-4-22(20(3-1)13-18-7-11-26-12-8-18)19-5-9-25(10-6-19)21-14-23(27-15-21)16-24-17-23/h1-4,18-19,21,24H,5-17H2/t21-/m0/s1. The molecule has 4 aliphatic rings. The fourth-order valence-corrected chi connectivity index (χ4v) is 5.66. The number of rotatable bonds is 4. The van der Waals surface area contributed by atoms with E-state index in [-0.39, 0.29) is 5.60 Å². The van der Waals surface area contributed by atoms with Crippen molar-refractivity contribution in [2.45, 2.75) is 56.1 Å². The molecule has 1 N–H and O–H groups in total. The first-order chi connectivity index (χ1) is 13.3. The van der Waals surface area contributed by atoms with Crippen LogP contribution in [0.4, 0.5) is 0 Å². The Kier molecular flexibility index (Phi) is 5.25. The number of likely N-dealkylation sites (tertiary alicyclic amines) is 1. The van der Waals surface area contributed by atoms with Gasteiger partial charge in [-0.1, -0.05) is 24.3 Å². The molecule has 0 amide bonds. The lowest BCUT2D eigenvalue weighted by Crippen LogP contribution is -2.59. The predicted molar refractivity (Wildman–Crippen MR) is 107 cm³/mol. The third-order valence-electron chi connectivity index (χ3n) is 7.47. The number of hydrogen-bond donors (Lipinski definition) is 1. The van der Waals surface area contributed by atoms with E-state index in [9.17, 15) is 0 Å². The summed E-state index contributed by atoms with van der Waals surface area (Å²) in [5, 5.41) is 3.38. The summed E-state index contributed by atoms with van der Waals surface area (Å²) in [5.74, 6) is 1.54. The zero-order valence-corrected chi connectivity index (χ0v) is 16.5. The number of nitrogens with one attached hydrogen (secondary N) is 1. The lowest BCUT2D eigenvalue weighted by Gasteiger charge is -2.40. The number of piperidine rings is 1. The van der Waals surface area contributed by atoms with E-state index in [2.05, 4.69) is 34.5 Å². The Morgan fingerprint density at radius 3 is 2.52 bits per heavy atom. The zero-order valence-electron chi connectivity index (χ0n) is 16.5. The van der Waals surface area contributed by atoms with Crippen LogP contribution in [-0.4, -0.2) is 62.5 Å². The highest BCUT2D eigenvalue weighted by molar-refractivity contribution is 5.31. The van der Waals surface area contributed by atoms with Crippen molar-refractivity contribution in [3.05, 3.63) is 35.4 Å². The van der Waals surface area contributed by atoms with Crippen molar-refractivity contribution in [1.29, 1.82) is 0 Å². The summed E-state index contributed by atoms with van der Waals surface area (Å²) in [5.41, 5.74) is 3.41. The van der Waals surface area contributed by atoms with Crippen LogP contribution < -0.4 is 5.32 Å². The highest BCUT2D eigenvalue weighted by Crippen LogP contribution is 2.37. The van der Waals surface area contributed by atoms with Crippen LogP contribution in [0.25, 0.3) is 0 Å². The molecule has 0 unspecified atom stereocenters. The molecule has 4 fully saturated rings. The predicted octanol–water partition coefficient (Wildman–Crippen LogP) is 2.97. The molecule has 27 heavy (non-hydrogen) atoms. The minimum absolute atomic E-state index is 0.178. The molecule has 5 rings (SSSR count). The number of benzene rings is 1. The molecular formula is C23H34N2O2. The maximum atomic E-state index is 6.14. The average Bonchev–Trinajstić information content (AvgIpc) is 3.16. The van der Waals surface area contributed by atoms with E-state index in [4.69, 9.17) is 9.47 Å². The molecule has 0 bridgehead atoms. The van der Waals surface area contributed by atoms with Crippen molar-refractivity contribution in [2.24, 2.45) is 5.92 Å². The lowest BCUT2D eigenvalue weighted by atomic mass is 9.82. The molecule has 1 atom stereocenters. The van der Waals surface area contributed by atoms with Crippen molar-refractivity contribution in [3.63, 3.8) is 0 Å². The van der Waals surface area contributed by atoms with Crippen molar-refractivity contribution in [2.75, 3.05) is 46.0 Å². The Hall–Kier alpha value is -0.940. The fraction of sp³-hybridized carbons (Fsp3) is 0.739. The SMILES string of the molecule is c1ccc(C2CCN([C@@H]3COC4(CNC4)C3)CC2)c(CC2CCOCC2)c1. The number of hydrogen-bond acceptors (Lipinski definition) is 4. The molecule has 148 valence electrons. The van der Waals surface area contributed by atoms with Crippen molar-refractivity contribution < 1.29 is 9.47 Å². The second-order valence-corrected chi connectivity index (χ2v) is 9.22. The van der Waals surface area contributed by atoms with Gasteiger partial charge in [-0.05, 0) is 74.6 Å². The summed E-state index contributed by atoms with van der Waals surface area (Å²) in [6.07, 6.45) is 7.52. The van der Waals surface area contributed by atoms with Crippen LogP contribution in [-0.2, 0) is 15.9 Å². The van der Waals surface area contributed by atoms with Gasteiger partial charge in [0.2, 0.25) is 0 Å². The maximum Gasteiger partial charge on any atom is 0.0946 e. The summed E-state index contributed by atoms with van der Waals surface area (Å²) < 4.78 is 11.7. The van der Waals surface area contributed by atoms with Crippen molar-refractivity contribution in [3.8, 4) is 0 Å². The first kappa shape index (κ1) is 18.1. The summed E-state index contributed by atoms with van der Waals surface area (Å²) in [7, 11) is 0. The Bertz CT molecular complexity index is 631. The number of ether oxygens (including phenoxy) is 2. The van der Waals surface area contributed by atoms with E-state index in [0.717, 1.165) is 44.7 Å². The van der Waals surface area contributed by atoms with Crippen LogP contribution in [0.2, 0.25) is 0 Å². The minimum atomic E-state index is 0.178. The van der Waals surface area contributed by atoms with Crippen LogP contribution in [0.1, 0.15) is 49.1 Å². The van der Waals surface area contributed by atoms with Gasteiger partial charge in [-0.25, -0.2) is 0 Å². The molecule has 4 aliphatic heterocycles. The molecular weight excluding hydrogens is 336 g/mol. The van der Waals surface area contributed by atoms with Crippen molar-refractivity contribution >= 4 is 0 Å². The highest BCUT2D eigenvalue weighted by atomic mass is 16.5. The molecule has 1 aromatic rings. The molecule has 4 heterocycles. The summed E-state index contributed by atoms with van der Waals surface area (Å²) in [4.78, 5) is 2.71. The van der Waals surface area contributed by atoms with Crippen LogP contribution in [0, 0.1) is 5.92 Å². The van der Waals surface area contributed by atoms with Gasteiger partial charge < -0.3 is 14.8 Å². The minimum Gasteiger partial charge on any atom is -0.381 e. The highest BCUT2D eigenvalue weighted by Gasteiger charge is 2.47. The average molecular weight is 371 g/mol. The first-order valence-electron chi connectivity index (χ1n) is 11.1.